The molecule has 1 atom stereocenters. The zero-order valence-electron chi connectivity index (χ0n) is 11.2. The van der Waals surface area contributed by atoms with Crippen LogP contribution in [0.4, 0.5) is 0 Å². The Morgan fingerprint density at radius 2 is 1.55 bits per heavy atom. The molecule has 5 nitrogen and oxygen atoms in total. The summed E-state index contributed by atoms with van der Waals surface area (Å²) in [5.74, 6) is -0.748. The molecular weight excluding hydrogens is 329 g/mol. The molecule has 0 N–H and O–H groups in total. The Bertz CT molecular complexity index is 662. The third-order valence-corrected chi connectivity index (χ3v) is 3.57. The summed E-state index contributed by atoms with van der Waals surface area (Å²) in [6.07, 6.45) is -1.44. The molecule has 2 rings (SSSR count). The van der Waals surface area contributed by atoms with Gasteiger partial charge in [-0.1, -0.05) is 48.5 Å². The number of hydrogen-bond acceptors (Lipinski definition) is 4. The topological polar surface area (TPSA) is 69.4 Å². The number of ether oxygens (including phenoxy) is 1. The average Bonchev–Trinajstić information content (AvgIpc) is 2.53. The van der Waals surface area contributed by atoms with Gasteiger partial charge in [-0.15, -0.1) is 0 Å². The normalized spacial score (nSPS) is 12.5. The molecule has 0 spiro atoms. The number of esters is 1. The molecular formula is C15H11Cl2NO4. The van der Waals surface area contributed by atoms with Crippen LogP contribution in [0.15, 0.2) is 60.7 Å². The van der Waals surface area contributed by atoms with Crippen molar-refractivity contribution in [1.29, 1.82) is 0 Å². The van der Waals surface area contributed by atoms with E-state index < -0.39 is 21.5 Å². The minimum atomic E-state index is -2.49. The number of carbonyl (C=O) groups is 1. The number of alkyl halides is 2. The van der Waals surface area contributed by atoms with Gasteiger partial charge in [0, 0.05) is 5.56 Å². The number of hydrogen-bond donors (Lipinski definition) is 0. The maximum absolute atomic E-state index is 12.1. The quantitative estimate of drug-likeness (QED) is 0.271. The van der Waals surface area contributed by atoms with Gasteiger partial charge in [0.15, 0.2) is 0 Å². The first-order valence-corrected chi connectivity index (χ1v) is 7.02. The molecule has 114 valence electrons. The molecule has 0 saturated carbocycles. The maximum Gasteiger partial charge on any atom is 0.411 e. The summed E-state index contributed by atoms with van der Waals surface area (Å²) < 4.78 is 2.71. The largest absolute Gasteiger partial charge is 0.443 e. The minimum Gasteiger partial charge on any atom is -0.443 e. The van der Waals surface area contributed by atoms with Crippen molar-refractivity contribution in [3.63, 3.8) is 0 Å². The van der Waals surface area contributed by atoms with Crippen LogP contribution >= 0.6 is 23.2 Å². The first-order valence-electron chi connectivity index (χ1n) is 6.26. The second-order valence-corrected chi connectivity index (χ2v) is 5.75. The molecule has 22 heavy (non-hydrogen) atoms. The SMILES string of the molecule is O=C(OC(c1ccccc1)C(Cl)(Cl)[N+](=O)[O-])c1ccccc1. The number of benzene rings is 2. The number of nitrogens with zero attached hydrogens (tertiary/aromatic N) is 1. The highest BCUT2D eigenvalue weighted by molar-refractivity contribution is 6.47. The fourth-order valence-corrected chi connectivity index (χ4v) is 2.15. The van der Waals surface area contributed by atoms with E-state index in [9.17, 15) is 14.9 Å². The van der Waals surface area contributed by atoms with Gasteiger partial charge in [-0.2, -0.15) is 0 Å². The summed E-state index contributed by atoms with van der Waals surface area (Å²) in [5.41, 5.74) is 0.574. The third-order valence-electron chi connectivity index (χ3n) is 2.90. The van der Waals surface area contributed by atoms with E-state index >= 15 is 0 Å². The summed E-state index contributed by atoms with van der Waals surface area (Å²) in [6, 6.07) is 16.2. The Labute approximate surface area is 136 Å². The van der Waals surface area contributed by atoms with E-state index in [4.69, 9.17) is 27.9 Å². The fraction of sp³-hybridized carbons (Fsp3) is 0.133. The van der Waals surface area contributed by atoms with Crippen LogP contribution in [0.1, 0.15) is 22.0 Å². The molecule has 0 fully saturated rings. The van der Waals surface area contributed by atoms with Crippen LogP contribution < -0.4 is 0 Å². The number of rotatable bonds is 5. The fourth-order valence-electron chi connectivity index (χ4n) is 1.81. The summed E-state index contributed by atoms with van der Waals surface area (Å²) in [6.45, 7) is 0. The van der Waals surface area contributed by atoms with E-state index in [1.807, 2.05) is 0 Å². The second kappa shape index (κ2) is 6.77. The van der Waals surface area contributed by atoms with E-state index in [-0.39, 0.29) is 5.56 Å². The molecule has 1 unspecified atom stereocenters. The van der Waals surface area contributed by atoms with Crippen LogP contribution in [0.25, 0.3) is 0 Å². The van der Waals surface area contributed by atoms with Gasteiger partial charge in [0.25, 0.3) is 0 Å². The Balaban J connectivity index is 2.34. The average molecular weight is 340 g/mol. The third kappa shape index (κ3) is 3.55. The lowest BCUT2D eigenvalue weighted by Gasteiger charge is -2.23. The highest BCUT2D eigenvalue weighted by Gasteiger charge is 2.51. The molecule has 0 saturated heterocycles. The van der Waals surface area contributed by atoms with Gasteiger partial charge in [0.2, 0.25) is 6.10 Å². The van der Waals surface area contributed by atoms with Crippen molar-refractivity contribution in [2.75, 3.05) is 0 Å². The lowest BCUT2D eigenvalue weighted by Crippen LogP contribution is -2.35. The second-order valence-electron chi connectivity index (χ2n) is 4.41. The molecule has 0 aliphatic heterocycles. The van der Waals surface area contributed by atoms with E-state index in [1.165, 1.54) is 12.1 Å². The summed E-state index contributed by atoms with van der Waals surface area (Å²) in [4.78, 5) is 22.3. The molecule has 0 amide bonds. The molecule has 2 aromatic rings. The van der Waals surface area contributed by atoms with Gasteiger partial charge in [-0.05, 0) is 35.3 Å². The Morgan fingerprint density at radius 1 is 1.05 bits per heavy atom. The van der Waals surface area contributed by atoms with Crippen LogP contribution in [-0.4, -0.2) is 15.3 Å². The molecule has 0 aliphatic carbocycles. The van der Waals surface area contributed by atoms with Crippen molar-refractivity contribution in [1.82, 2.24) is 0 Å². The van der Waals surface area contributed by atoms with Crippen molar-refractivity contribution >= 4 is 29.2 Å². The molecule has 0 heterocycles. The van der Waals surface area contributed by atoms with Gasteiger partial charge in [-0.3, -0.25) is 10.1 Å². The van der Waals surface area contributed by atoms with Crippen molar-refractivity contribution < 1.29 is 14.5 Å². The highest BCUT2D eigenvalue weighted by Crippen LogP contribution is 2.39. The zero-order valence-corrected chi connectivity index (χ0v) is 12.7. The van der Waals surface area contributed by atoms with E-state index in [2.05, 4.69) is 0 Å². The van der Waals surface area contributed by atoms with Gasteiger partial charge in [0.05, 0.1) is 10.5 Å². The molecule has 0 radical (unpaired) electrons. The van der Waals surface area contributed by atoms with Crippen LogP contribution in [0.3, 0.4) is 0 Å². The summed E-state index contributed by atoms with van der Waals surface area (Å²) in [7, 11) is 0. The molecule has 0 bridgehead atoms. The van der Waals surface area contributed by atoms with Gasteiger partial charge in [-0.25, -0.2) is 4.79 Å². The predicted octanol–water partition coefficient (Wildman–Crippen LogP) is 3.99. The Hall–Kier alpha value is -2.11. The minimum absolute atomic E-state index is 0.246. The lowest BCUT2D eigenvalue weighted by atomic mass is 10.1. The van der Waals surface area contributed by atoms with Gasteiger partial charge < -0.3 is 4.74 Å². The Kier molecular flexibility index (Phi) is 5.00. The predicted molar refractivity (Wildman–Crippen MR) is 82.5 cm³/mol. The van der Waals surface area contributed by atoms with E-state index in [0.29, 0.717) is 5.56 Å². The first-order chi connectivity index (χ1) is 10.4. The van der Waals surface area contributed by atoms with Crippen molar-refractivity contribution in [3.05, 3.63) is 81.9 Å². The van der Waals surface area contributed by atoms with Gasteiger partial charge >= 0.3 is 10.4 Å². The van der Waals surface area contributed by atoms with Crippen LogP contribution in [0, 0.1) is 10.1 Å². The smallest absolute Gasteiger partial charge is 0.411 e. The molecule has 0 aliphatic rings. The van der Waals surface area contributed by atoms with Gasteiger partial charge in [0.1, 0.15) is 0 Å². The highest BCUT2D eigenvalue weighted by atomic mass is 35.5. The zero-order chi connectivity index (χ0) is 16.2. The lowest BCUT2D eigenvalue weighted by molar-refractivity contribution is -0.528. The summed E-state index contributed by atoms with van der Waals surface area (Å²) in [5, 5.41) is 11.1. The molecule has 2 aromatic carbocycles. The van der Waals surface area contributed by atoms with Crippen molar-refractivity contribution in [2.45, 2.75) is 10.6 Å². The van der Waals surface area contributed by atoms with Crippen LogP contribution in [-0.2, 0) is 4.74 Å². The van der Waals surface area contributed by atoms with Crippen molar-refractivity contribution in [2.24, 2.45) is 0 Å². The first kappa shape index (κ1) is 16.3. The van der Waals surface area contributed by atoms with E-state index in [1.54, 1.807) is 48.5 Å². The standard InChI is InChI=1S/C15H11Cl2NO4/c16-15(17,18(20)21)13(11-7-3-1-4-8-11)22-14(19)12-9-5-2-6-10-12/h1-10,13H. The number of halogens is 2. The number of nitro groups is 1. The van der Waals surface area contributed by atoms with Crippen LogP contribution in [0.2, 0.25) is 0 Å². The van der Waals surface area contributed by atoms with E-state index in [0.717, 1.165) is 0 Å². The van der Waals surface area contributed by atoms with Crippen LogP contribution in [0.5, 0.6) is 0 Å². The summed E-state index contributed by atoms with van der Waals surface area (Å²) >= 11 is 11.6. The molecule has 7 heteroatoms. The van der Waals surface area contributed by atoms with Crippen molar-refractivity contribution in [3.8, 4) is 0 Å². The number of carbonyl (C=O) groups excluding carboxylic acids is 1. The Morgan fingerprint density at radius 3 is 2.05 bits per heavy atom. The molecule has 0 aromatic heterocycles. The monoisotopic (exact) mass is 339 g/mol. The maximum atomic E-state index is 12.1.